The van der Waals surface area contributed by atoms with Crippen LogP contribution in [0.25, 0.3) is 0 Å². The van der Waals surface area contributed by atoms with Crippen molar-refractivity contribution in [2.75, 3.05) is 5.32 Å². The van der Waals surface area contributed by atoms with E-state index in [1.165, 1.54) is 24.8 Å². The van der Waals surface area contributed by atoms with Gasteiger partial charge in [-0.1, -0.05) is 18.6 Å². The highest BCUT2D eigenvalue weighted by atomic mass is 32.1. The summed E-state index contributed by atoms with van der Waals surface area (Å²) in [5, 5.41) is 6.19. The van der Waals surface area contributed by atoms with E-state index in [1.807, 2.05) is 12.1 Å². The molecule has 0 amide bonds. The highest BCUT2D eigenvalue weighted by Crippen LogP contribution is 2.20. The predicted molar refractivity (Wildman–Crippen MR) is 85.1 cm³/mol. The molecule has 1 aliphatic rings. The van der Waals surface area contributed by atoms with Gasteiger partial charge in [-0.25, -0.2) is 5.01 Å². The summed E-state index contributed by atoms with van der Waals surface area (Å²) in [6.45, 7) is 6.58. The molecular weight excluding hydrogens is 254 g/mol. The van der Waals surface area contributed by atoms with E-state index in [1.54, 1.807) is 0 Å². The quantitative estimate of drug-likeness (QED) is 0.810. The normalized spacial score (nSPS) is 23.9. The van der Waals surface area contributed by atoms with E-state index in [0.29, 0.717) is 17.2 Å². The summed E-state index contributed by atoms with van der Waals surface area (Å²) < 4.78 is 0. The first-order valence-corrected chi connectivity index (χ1v) is 7.39. The molecule has 1 saturated heterocycles. The van der Waals surface area contributed by atoms with Crippen molar-refractivity contribution < 1.29 is 0 Å². The van der Waals surface area contributed by atoms with Crippen molar-refractivity contribution in [1.29, 1.82) is 0 Å². The molecule has 2 rings (SSSR count). The smallest absolute Gasteiger partial charge is 0.185 e. The number of nitrogens with zero attached hydrogens (tertiary/aromatic N) is 1. The number of benzene rings is 1. The summed E-state index contributed by atoms with van der Waals surface area (Å²) in [5.74, 6) is 0. The van der Waals surface area contributed by atoms with E-state index < -0.39 is 0 Å². The highest BCUT2D eigenvalue weighted by Gasteiger charge is 2.25. The molecule has 0 unspecified atom stereocenters. The molecule has 0 saturated carbocycles. The number of anilines is 1. The van der Waals surface area contributed by atoms with E-state index in [4.69, 9.17) is 12.2 Å². The molecule has 0 radical (unpaired) electrons. The Labute approximate surface area is 121 Å². The van der Waals surface area contributed by atoms with Crippen LogP contribution in [-0.2, 0) is 0 Å². The Bertz CT molecular complexity index is 437. The lowest BCUT2D eigenvalue weighted by molar-refractivity contribution is 0.0750. The minimum atomic E-state index is 0.529. The number of hydrogen-bond acceptors (Lipinski definition) is 2. The van der Waals surface area contributed by atoms with Gasteiger partial charge in [0.15, 0.2) is 5.11 Å². The van der Waals surface area contributed by atoms with E-state index in [-0.39, 0.29) is 0 Å². The van der Waals surface area contributed by atoms with Gasteiger partial charge in [-0.05, 0) is 63.5 Å². The average molecular weight is 277 g/mol. The number of aryl methyl sites for hydroxylation is 1. The zero-order valence-corrected chi connectivity index (χ0v) is 12.8. The van der Waals surface area contributed by atoms with Crippen LogP contribution in [0.2, 0.25) is 0 Å². The SMILES string of the molecule is Cc1cccc(NC(=S)NN2[C@H](C)CCC[C@H]2C)c1. The second-order valence-corrected chi connectivity index (χ2v) is 5.88. The number of hydrazine groups is 1. The van der Waals surface area contributed by atoms with Crippen LogP contribution >= 0.6 is 12.2 Å². The molecule has 0 bridgehead atoms. The van der Waals surface area contributed by atoms with Crippen LogP contribution in [-0.4, -0.2) is 22.2 Å². The molecule has 1 fully saturated rings. The summed E-state index contributed by atoms with van der Waals surface area (Å²) in [7, 11) is 0. The third kappa shape index (κ3) is 3.91. The molecule has 4 heteroatoms. The monoisotopic (exact) mass is 277 g/mol. The van der Waals surface area contributed by atoms with Gasteiger partial charge in [0.05, 0.1) is 0 Å². The Balaban J connectivity index is 1.93. The van der Waals surface area contributed by atoms with Crippen LogP contribution in [0, 0.1) is 6.92 Å². The molecule has 0 spiro atoms. The van der Waals surface area contributed by atoms with Gasteiger partial charge >= 0.3 is 0 Å². The van der Waals surface area contributed by atoms with Crippen LogP contribution in [0.3, 0.4) is 0 Å². The third-order valence-corrected chi connectivity index (χ3v) is 3.89. The van der Waals surface area contributed by atoms with Crippen molar-refractivity contribution in [3.05, 3.63) is 29.8 Å². The second kappa shape index (κ2) is 6.35. The zero-order valence-electron chi connectivity index (χ0n) is 11.9. The van der Waals surface area contributed by atoms with Crippen molar-refractivity contribution in [1.82, 2.24) is 10.4 Å². The van der Waals surface area contributed by atoms with Crippen molar-refractivity contribution in [3.63, 3.8) is 0 Å². The molecule has 19 heavy (non-hydrogen) atoms. The highest BCUT2D eigenvalue weighted by molar-refractivity contribution is 7.80. The fourth-order valence-corrected chi connectivity index (χ4v) is 2.86. The Morgan fingerprint density at radius 3 is 2.58 bits per heavy atom. The lowest BCUT2D eigenvalue weighted by Gasteiger charge is -2.39. The molecular formula is C15H23N3S. The van der Waals surface area contributed by atoms with Crippen molar-refractivity contribution >= 4 is 23.0 Å². The van der Waals surface area contributed by atoms with E-state index in [0.717, 1.165) is 5.69 Å². The van der Waals surface area contributed by atoms with Gasteiger partial charge < -0.3 is 5.32 Å². The van der Waals surface area contributed by atoms with Gasteiger partial charge in [-0.15, -0.1) is 0 Å². The van der Waals surface area contributed by atoms with Crippen LogP contribution < -0.4 is 10.7 Å². The second-order valence-electron chi connectivity index (χ2n) is 5.47. The van der Waals surface area contributed by atoms with Crippen LogP contribution in [0.4, 0.5) is 5.69 Å². The summed E-state index contributed by atoms with van der Waals surface area (Å²) in [4.78, 5) is 0. The summed E-state index contributed by atoms with van der Waals surface area (Å²) in [6, 6.07) is 9.30. The summed E-state index contributed by atoms with van der Waals surface area (Å²) in [5.41, 5.74) is 5.61. The van der Waals surface area contributed by atoms with E-state index in [2.05, 4.69) is 48.7 Å². The van der Waals surface area contributed by atoms with E-state index >= 15 is 0 Å². The molecule has 2 N–H and O–H groups in total. The number of nitrogens with one attached hydrogen (secondary N) is 2. The molecule has 1 aromatic carbocycles. The fourth-order valence-electron chi connectivity index (χ4n) is 2.64. The standard InChI is InChI=1S/C15H23N3S/c1-11-6-4-9-14(10-11)16-15(19)17-18-12(2)7-5-8-13(18)3/h4,6,9-10,12-13H,5,7-8H2,1-3H3,(H2,16,17,19)/t12-,13-/m1/s1. The fraction of sp³-hybridized carbons (Fsp3) is 0.533. The lowest BCUT2D eigenvalue weighted by atomic mass is 10.00. The first-order valence-electron chi connectivity index (χ1n) is 6.99. The van der Waals surface area contributed by atoms with Gasteiger partial charge in [-0.3, -0.25) is 5.43 Å². The van der Waals surface area contributed by atoms with Gasteiger partial charge in [0.2, 0.25) is 0 Å². The van der Waals surface area contributed by atoms with E-state index in [9.17, 15) is 0 Å². The Hall–Kier alpha value is -1.13. The molecule has 1 aromatic rings. The van der Waals surface area contributed by atoms with Crippen molar-refractivity contribution in [3.8, 4) is 0 Å². The Morgan fingerprint density at radius 2 is 1.95 bits per heavy atom. The molecule has 3 nitrogen and oxygen atoms in total. The lowest BCUT2D eigenvalue weighted by Crippen LogP contribution is -2.55. The zero-order chi connectivity index (χ0) is 13.8. The number of thiocarbonyl (C=S) groups is 1. The van der Waals surface area contributed by atoms with Gasteiger partial charge in [0.1, 0.15) is 0 Å². The molecule has 2 atom stereocenters. The maximum atomic E-state index is 5.40. The van der Waals surface area contributed by atoms with Crippen LogP contribution in [0.5, 0.6) is 0 Å². The summed E-state index contributed by atoms with van der Waals surface area (Å²) >= 11 is 5.40. The van der Waals surface area contributed by atoms with Crippen molar-refractivity contribution in [2.24, 2.45) is 0 Å². The van der Waals surface area contributed by atoms with Crippen LogP contribution in [0.1, 0.15) is 38.7 Å². The van der Waals surface area contributed by atoms with Gasteiger partial charge in [0.25, 0.3) is 0 Å². The number of hydrogen-bond donors (Lipinski definition) is 2. The maximum Gasteiger partial charge on any atom is 0.185 e. The number of rotatable bonds is 2. The number of piperidine rings is 1. The molecule has 104 valence electrons. The third-order valence-electron chi connectivity index (χ3n) is 3.70. The first kappa shape index (κ1) is 14.3. The maximum absolute atomic E-state index is 5.40. The van der Waals surface area contributed by atoms with Crippen molar-refractivity contribution in [2.45, 2.75) is 52.1 Å². The molecule has 1 heterocycles. The topological polar surface area (TPSA) is 27.3 Å². The Kier molecular flexibility index (Phi) is 4.77. The van der Waals surface area contributed by atoms with Gasteiger partial charge in [-0.2, -0.15) is 0 Å². The summed E-state index contributed by atoms with van der Waals surface area (Å²) in [6.07, 6.45) is 3.76. The molecule has 1 aliphatic heterocycles. The predicted octanol–water partition coefficient (Wildman–Crippen LogP) is 3.46. The Morgan fingerprint density at radius 1 is 1.26 bits per heavy atom. The minimum Gasteiger partial charge on any atom is -0.332 e. The first-order chi connectivity index (χ1) is 9.06. The van der Waals surface area contributed by atoms with Crippen LogP contribution in [0.15, 0.2) is 24.3 Å². The average Bonchev–Trinajstić information content (AvgIpc) is 2.34. The minimum absolute atomic E-state index is 0.529. The largest absolute Gasteiger partial charge is 0.332 e. The van der Waals surface area contributed by atoms with Gasteiger partial charge in [0, 0.05) is 17.8 Å². The molecule has 0 aromatic heterocycles. The molecule has 0 aliphatic carbocycles.